The third-order valence-electron chi connectivity index (χ3n) is 7.00. The van der Waals surface area contributed by atoms with Crippen LogP contribution in [-0.4, -0.2) is 67.2 Å². The number of urea groups is 1. The van der Waals surface area contributed by atoms with Gasteiger partial charge in [0.15, 0.2) is 0 Å². The van der Waals surface area contributed by atoms with Crippen LogP contribution >= 0.6 is 0 Å². The molecule has 0 saturated carbocycles. The molecular formula is C30H37N3O6. The van der Waals surface area contributed by atoms with Crippen LogP contribution in [0.3, 0.4) is 0 Å². The molecule has 2 amide bonds. The monoisotopic (exact) mass is 535 g/mol. The summed E-state index contributed by atoms with van der Waals surface area (Å²) in [5, 5.41) is 3.01. The Morgan fingerprint density at radius 3 is 2.28 bits per heavy atom. The van der Waals surface area contributed by atoms with Crippen molar-refractivity contribution >= 4 is 18.0 Å². The third-order valence-corrected chi connectivity index (χ3v) is 7.00. The summed E-state index contributed by atoms with van der Waals surface area (Å²) >= 11 is 0. The lowest BCUT2D eigenvalue weighted by molar-refractivity contribution is -0.149. The lowest BCUT2D eigenvalue weighted by atomic mass is 9.93. The highest BCUT2D eigenvalue weighted by Gasteiger charge is 2.39. The minimum absolute atomic E-state index is 0.128. The second-order valence-electron chi connectivity index (χ2n) is 9.50. The number of carbonyl (C=O) groups excluding carboxylic acids is 3. The average Bonchev–Trinajstić information content (AvgIpc) is 2.94. The van der Waals surface area contributed by atoms with Crippen molar-refractivity contribution in [3.05, 3.63) is 71.4 Å². The molecule has 9 heteroatoms. The first-order valence-corrected chi connectivity index (χ1v) is 13.6. The van der Waals surface area contributed by atoms with Gasteiger partial charge in [-0.3, -0.25) is 14.6 Å². The van der Waals surface area contributed by atoms with Crippen LogP contribution in [0.4, 0.5) is 4.79 Å². The van der Waals surface area contributed by atoms with Crippen LogP contribution in [0.15, 0.2) is 65.9 Å². The van der Waals surface area contributed by atoms with Gasteiger partial charge in [0.05, 0.1) is 30.7 Å². The summed E-state index contributed by atoms with van der Waals surface area (Å²) in [5.41, 5.74) is 1.74. The summed E-state index contributed by atoms with van der Waals surface area (Å²) in [6, 6.07) is 15.8. The number of piperidine rings is 1. The Morgan fingerprint density at radius 1 is 0.923 bits per heavy atom. The number of esters is 2. The van der Waals surface area contributed by atoms with Crippen LogP contribution in [0.5, 0.6) is 11.5 Å². The molecule has 39 heavy (non-hydrogen) atoms. The van der Waals surface area contributed by atoms with E-state index in [1.165, 1.54) is 0 Å². The number of benzene rings is 2. The molecule has 1 fully saturated rings. The normalized spacial score (nSPS) is 18.5. The number of hydrogen-bond donors (Lipinski definition) is 1. The molecular weight excluding hydrogens is 498 g/mol. The number of nitrogens with zero attached hydrogens (tertiary/aromatic N) is 2. The average molecular weight is 536 g/mol. The standard InChI is InChI=1S/C30H37N3O6/c1-4-33-25(20-32-17-15-21(16-18-32)28(34)37-5-2)26(29(35)38-6-3)27(31-30(33)36)22-11-10-14-24(19-22)39-23-12-8-7-9-13-23/h7-14,19,21,27H,4-6,15-18,20H2,1-3H3,(H,31,36)/t27-/m1/s1. The number of carbonyl (C=O) groups is 3. The van der Waals surface area contributed by atoms with E-state index in [9.17, 15) is 14.4 Å². The molecule has 0 spiro atoms. The van der Waals surface area contributed by atoms with Crippen molar-refractivity contribution in [1.29, 1.82) is 0 Å². The van der Waals surface area contributed by atoms with Gasteiger partial charge in [-0.2, -0.15) is 0 Å². The van der Waals surface area contributed by atoms with Gasteiger partial charge in [0.1, 0.15) is 11.5 Å². The Balaban J connectivity index is 1.65. The molecule has 2 aliphatic heterocycles. The maximum absolute atomic E-state index is 13.4. The van der Waals surface area contributed by atoms with E-state index in [2.05, 4.69) is 10.2 Å². The van der Waals surface area contributed by atoms with Crippen molar-refractivity contribution in [1.82, 2.24) is 15.1 Å². The number of hydrogen-bond acceptors (Lipinski definition) is 7. The van der Waals surface area contributed by atoms with Crippen LogP contribution in [0.2, 0.25) is 0 Å². The molecule has 1 saturated heterocycles. The third kappa shape index (κ3) is 6.78. The molecule has 2 heterocycles. The van der Waals surface area contributed by atoms with Gasteiger partial charge in [0.25, 0.3) is 0 Å². The number of nitrogens with one attached hydrogen (secondary N) is 1. The Morgan fingerprint density at radius 2 is 1.62 bits per heavy atom. The largest absolute Gasteiger partial charge is 0.466 e. The molecule has 208 valence electrons. The molecule has 0 bridgehead atoms. The van der Waals surface area contributed by atoms with E-state index in [1.54, 1.807) is 11.8 Å². The van der Waals surface area contributed by atoms with Crippen LogP contribution in [0.25, 0.3) is 0 Å². The number of likely N-dealkylation sites (N-methyl/N-ethyl adjacent to an activating group) is 1. The van der Waals surface area contributed by atoms with Crippen molar-refractivity contribution < 1.29 is 28.6 Å². The van der Waals surface area contributed by atoms with Crippen LogP contribution < -0.4 is 10.1 Å². The van der Waals surface area contributed by atoms with Crippen LogP contribution in [0.1, 0.15) is 45.2 Å². The van der Waals surface area contributed by atoms with Crippen molar-refractivity contribution in [3.8, 4) is 11.5 Å². The minimum atomic E-state index is -0.703. The fourth-order valence-electron chi connectivity index (χ4n) is 5.09. The highest BCUT2D eigenvalue weighted by atomic mass is 16.5. The topological polar surface area (TPSA) is 97.4 Å². The SMILES string of the molecule is CCOC(=O)C1=C(CN2CCC(C(=O)OCC)CC2)N(CC)C(=O)N[C@@H]1c1cccc(Oc2ccccc2)c1. The molecule has 0 unspecified atom stereocenters. The lowest BCUT2D eigenvalue weighted by Gasteiger charge is -2.39. The number of rotatable bonds is 10. The van der Waals surface area contributed by atoms with E-state index in [0.717, 1.165) is 0 Å². The molecule has 2 aromatic rings. The number of likely N-dealkylation sites (tertiary alicyclic amines) is 1. The molecule has 2 aliphatic rings. The fourth-order valence-corrected chi connectivity index (χ4v) is 5.09. The minimum Gasteiger partial charge on any atom is -0.466 e. The van der Waals surface area contributed by atoms with Gasteiger partial charge in [-0.15, -0.1) is 0 Å². The molecule has 0 aliphatic carbocycles. The predicted molar refractivity (Wildman–Crippen MR) is 146 cm³/mol. The first-order valence-electron chi connectivity index (χ1n) is 13.6. The number of ether oxygens (including phenoxy) is 3. The van der Waals surface area contributed by atoms with E-state index >= 15 is 0 Å². The molecule has 2 aromatic carbocycles. The maximum Gasteiger partial charge on any atom is 0.338 e. The summed E-state index contributed by atoms with van der Waals surface area (Å²) in [6.07, 6.45) is 1.34. The fraction of sp³-hybridized carbons (Fsp3) is 0.433. The van der Waals surface area contributed by atoms with Gasteiger partial charge in [-0.05, 0) is 76.5 Å². The summed E-state index contributed by atoms with van der Waals surface area (Å²) in [5.74, 6) is 0.529. The van der Waals surface area contributed by atoms with Gasteiger partial charge in [0.2, 0.25) is 0 Å². The van der Waals surface area contributed by atoms with Gasteiger partial charge >= 0.3 is 18.0 Å². The molecule has 0 aromatic heterocycles. The van der Waals surface area contributed by atoms with Crippen molar-refractivity contribution in [3.63, 3.8) is 0 Å². The van der Waals surface area contributed by atoms with Crippen LogP contribution in [-0.2, 0) is 19.1 Å². The predicted octanol–water partition coefficient (Wildman–Crippen LogP) is 4.66. The Bertz CT molecular complexity index is 1190. The second kappa shape index (κ2) is 13.3. The zero-order chi connectivity index (χ0) is 27.8. The summed E-state index contributed by atoms with van der Waals surface area (Å²) in [6.45, 7) is 8.14. The van der Waals surface area contributed by atoms with Crippen LogP contribution in [0, 0.1) is 5.92 Å². The number of amides is 2. The van der Waals surface area contributed by atoms with E-state index < -0.39 is 12.0 Å². The Labute approximate surface area is 229 Å². The van der Waals surface area contributed by atoms with Gasteiger partial charge in [0, 0.05) is 18.8 Å². The smallest absolute Gasteiger partial charge is 0.338 e. The Kier molecular flexibility index (Phi) is 9.59. The summed E-state index contributed by atoms with van der Waals surface area (Å²) in [4.78, 5) is 42.7. The van der Waals surface area contributed by atoms with E-state index in [1.807, 2.05) is 68.4 Å². The van der Waals surface area contributed by atoms with E-state index in [0.29, 0.717) is 74.0 Å². The van der Waals surface area contributed by atoms with Gasteiger partial charge in [-0.1, -0.05) is 30.3 Å². The van der Waals surface area contributed by atoms with Crippen molar-refractivity contribution in [2.45, 2.75) is 39.7 Å². The molecule has 4 rings (SSSR count). The second-order valence-corrected chi connectivity index (χ2v) is 9.50. The molecule has 1 N–H and O–H groups in total. The highest BCUT2D eigenvalue weighted by molar-refractivity contribution is 5.95. The maximum atomic E-state index is 13.4. The van der Waals surface area contributed by atoms with E-state index in [4.69, 9.17) is 14.2 Å². The number of para-hydroxylation sites is 1. The zero-order valence-electron chi connectivity index (χ0n) is 22.9. The molecule has 0 radical (unpaired) electrons. The first kappa shape index (κ1) is 28.2. The van der Waals surface area contributed by atoms with Gasteiger partial charge in [-0.25, -0.2) is 9.59 Å². The summed E-state index contributed by atoms with van der Waals surface area (Å²) < 4.78 is 16.7. The Hall–Kier alpha value is -3.85. The molecule has 9 nitrogen and oxygen atoms in total. The zero-order valence-corrected chi connectivity index (χ0v) is 22.9. The van der Waals surface area contributed by atoms with Crippen molar-refractivity contribution in [2.75, 3.05) is 39.4 Å². The lowest BCUT2D eigenvalue weighted by Crippen LogP contribution is -2.51. The van der Waals surface area contributed by atoms with E-state index in [-0.39, 0.29) is 24.5 Å². The summed E-state index contributed by atoms with van der Waals surface area (Å²) in [7, 11) is 0. The first-order chi connectivity index (χ1) is 18.9. The highest BCUT2D eigenvalue weighted by Crippen LogP contribution is 2.35. The van der Waals surface area contributed by atoms with Crippen molar-refractivity contribution in [2.24, 2.45) is 5.92 Å². The van der Waals surface area contributed by atoms with Gasteiger partial charge < -0.3 is 19.5 Å². The quantitative estimate of drug-likeness (QED) is 0.442. The molecule has 1 atom stereocenters.